The van der Waals surface area contributed by atoms with Gasteiger partial charge in [-0.3, -0.25) is 4.68 Å². The van der Waals surface area contributed by atoms with Crippen molar-refractivity contribution in [2.75, 3.05) is 6.61 Å². The van der Waals surface area contributed by atoms with Crippen LogP contribution in [0.3, 0.4) is 0 Å². The van der Waals surface area contributed by atoms with Crippen LogP contribution in [-0.4, -0.2) is 27.6 Å². The molecule has 0 spiro atoms. The molecule has 1 aromatic heterocycles. The Bertz CT molecular complexity index is 551. The van der Waals surface area contributed by atoms with E-state index in [2.05, 4.69) is 18.1 Å². The van der Waals surface area contributed by atoms with Gasteiger partial charge in [0.1, 0.15) is 6.10 Å². The Balaban J connectivity index is 2.15. The van der Waals surface area contributed by atoms with Crippen LogP contribution in [0, 0.1) is 0 Å². The maximum atomic E-state index is 10.6. The minimum atomic E-state index is -0.590. The van der Waals surface area contributed by atoms with Gasteiger partial charge < -0.3 is 9.84 Å². The molecule has 0 fully saturated rings. The summed E-state index contributed by atoms with van der Waals surface area (Å²) in [6.45, 7) is 4.60. The van der Waals surface area contributed by atoms with Gasteiger partial charge in [0.25, 0.3) is 0 Å². The van der Waals surface area contributed by atoms with Crippen molar-refractivity contribution in [1.29, 1.82) is 0 Å². The third-order valence-electron chi connectivity index (χ3n) is 3.63. The molecular formula is C17H24N2O2. The first-order valence-electron chi connectivity index (χ1n) is 7.52. The molecule has 2 unspecified atom stereocenters. The SMILES string of the molecule is CCOC(c1ccccc1)C(O)Cc1cc(CC)nn1C. The van der Waals surface area contributed by atoms with Crippen molar-refractivity contribution in [3.63, 3.8) is 0 Å². The Morgan fingerprint density at radius 1 is 1.24 bits per heavy atom. The van der Waals surface area contributed by atoms with Crippen LogP contribution in [0.15, 0.2) is 36.4 Å². The van der Waals surface area contributed by atoms with Crippen LogP contribution < -0.4 is 0 Å². The summed E-state index contributed by atoms with van der Waals surface area (Å²) in [6, 6.07) is 11.9. The molecule has 0 saturated heterocycles. The van der Waals surface area contributed by atoms with E-state index >= 15 is 0 Å². The predicted octanol–water partition coefficient (Wildman–Crippen LogP) is 2.66. The normalized spacial score (nSPS) is 14.1. The average Bonchev–Trinajstić information content (AvgIpc) is 2.86. The molecule has 2 rings (SSSR count). The van der Waals surface area contributed by atoms with E-state index in [9.17, 15) is 5.11 Å². The lowest BCUT2D eigenvalue weighted by Crippen LogP contribution is -2.24. The van der Waals surface area contributed by atoms with Gasteiger partial charge in [0.15, 0.2) is 0 Å². The zero-order valence-electron chi connectivity index (χ0n) is 13.0. The molecule has 1 heterocycles. The van der Waals surface area contributed by atoms with Crippen LogP contribution in [0.1, 0.15) is 36.9 Å². The van der Waals surface area contributed by atoms with E-state index in [0.29, 0.717) is 13.0 Å². The summed E-state index contributed by atoms with van der Waals surface area (Å²) in [7, 11) is 1.92. The summed E-state index contributed by atoms with van der Waals surface area (Å²) in [5, 5.41) is 15.0. The van der Waals surface area contributed by atoms with Crippen molar-refractivity contribution in [2.24, 2.45) is 7.05 Å². The molecule has 0 saturated carbocycles. The van der Waals surface area contributed by atoms with Crippen molar-refractivity contribution < 1.29 is 9.84 Å². The van der Waals surface area contributed by atoms with Crippen LogP contribution in [-0.2, 0) is 24.6 Å². The number of rotatable bonds is 7. The number of ether oxygens (including phenoxy) is 1. The third-order valence-corrected chi connectivity index (χ3v) is 3.63. The van der Waals surface area contributed by atoms with Crippen LogP contribution in [0.2, 0.25) is 0 Å². The largest absolute Gasteiger partial charge is 0.390 e. The van der Waals surface area contributed by atoms with Gasteiger partial charge in [0.05, 0.1) is 11.8 Å². The number of aliphatic hydroxyl groups excluding tert-OH is 1. The van der Waals surface area contributed by atoms with Gasteiger partial charge in [-0.2, -0.15) is 5.10 Å². The summed E-state index contributed by atoms with van der Waals surface area (Å²) in [5.74, 6) is 0. The molecule has 0 aliphatic carbocycles. The van der Waals surface area contributed by atoms with E-state index < -0.39 is 6.10 Å². The summed E-state index contributed by atoms with van der Waals surface area (Å²) in [5.41, 5.74) is 3.08. The average molecular weight is 288 g/mol. The number of nitrogens with zero attached hydrogens (tertiary/aromatic N) is 2. The second-order valence-corrected chi connectivity index (χ2v) is 5.16. The fraction of sp³-hybridized carbons (Fsp3) is 0.471. The highest BCUT2D eigenvalue weighted by atomic mass is 16.5. The topological polar surface area (TPSA) is 47.3 Å². The third kappa shape index (κ3) is 3.93. The quantitative estimate of drug-likeness (QED) is 0.852. The number of hydrogen-bond donors (Lipinski definition) is 1. The number of aromatic nitrogens is 2. The highest BCUT2D eigenvalue weighted by Gasteiger charge is 2.23. The first kappa shape index (κ1) is 15.7. The van der Waals surface area contributed by atoms with Crippen molar-refractivity contribution in [3.8, 4) is 0 Å². The molecule has 0 aliphatic heterocycles. The lowest BCUT2D eigenvalue weighted by Gasteiger charge is -2.23. The van der Waals surface area contributed by atoms with Gasteiger partial charge in [-0.1, -0.05) is 37.3 Å². The summed E-state index contributed by atoms with van der Waals surface area (Å²) < 4.78 is 7.60. The number of benzene rings is 1. The lowest BCUT2D eigenvalue weighted by molar-refractivity contribution is -0.0346. The standard InChI is InChI=1S/C17H24N2O2/c1-4-14-11-15(19(3)18-14)12-16(20)17(21-5-2)13-9-7-6-8-10-13/h6-11,16-17,20H,4-5,12H2,1-3H3. The van der Waals surface area contributed by atoms with Gasteiger partial charge in [0.2, 0.25) is 0 Å². The van der Waals surface area contributed by atoms with E-state index in [0.717, 1.165) is 23.4 Å². The Morgan fingerprint density at radius 3 is 2.52 bits per heavy atom. The van der Waals surface area contributed by atoms with Crippen molar-refractivity contribution in [2.45, 2.75) is 38.9 Å². The molecule has 1 aromatic carbocycles. The predicted molar refractivity (Wildman–Crippen MR) is 83.1 cm³/mol. The van der Waals surface area contributed by atoms with Crippen molar-refractivity contribution >= 4 is 0 Å². The number of aliphatic hydroxyl groups is 1. The molecule has 21 heavy (non-hydrogen) atoms. The first-order chi connectivity index (χ1) is 10.2. The maximum absolute atomic E-state index is 10.6. The Kier molecular flexibility index (Phi) is 5.53. The van der Waals surface area contributed by atoms with Crippen LogP contribution in [0.4, 0.5) is 0 Å². The highest BCUT2D eigenvalue weighted by Crippen LogP contribution is 2.24. The van der Waals surface area contributed by atoms with Crippen molar-refractivity contribution in [3.05, 3.63) is 53.3 Å². The van der Waals surface area contributed by atoms with E-state index in [1.54, 1.807) is 0 Å². The molecule has 4 nitrogen and oxygen atoms in total. The van der Waals surface area contributed by atoms with E-state index in [-0.39, 0.29) is 6.10 Å². The molecule has 4 heteroatoms. The molecule has 2 atom stereocenters. The minimum absolute atomic E-state index is 0.309. The monoisotopic (exact) mass is 288 g/mol. The highest BCUT2D eigenvalue weighted by molar-refractivity contribution is 5.20. The number of aryl methyl sites for hydroxylation is 2. The second-order valence-electron chi connectivity index (χ2n) is 5.16. The zero-order valence-corrected chi connectivity index (χ0v) is 13.0. The zero-order chi connectivity index (χ0) is 15.2. The summed E-state index contributed by atoms with van der Waals surface area (Å²) in [6.07, 6.45) is 0.532. The van der Waals surface area contributed by atoms with E-state index in [1.165, 1.54) is 0 Å². The minimum Gasteiger partial charge on any atom is -0.390 e. The lowest BCUT2D eigenvalue weighted by atomic mass is 10.0. The molecule has 0 radical (unpaired) electrons. The van der Waals surface area contributed by atoms with Gasteiger partial charge in [0, 0.05) is 25.8 Å². The molecule has 2 aromatic rings. The second kappa shape index (κ2) is 7.38. The van der Waals surface area contributed by atoms with E-state index in [4.69, 9.17) is 4.74 Å². The molecule has 114 valence electrons. The van der Waals surface area contributed by atoms with Gasteiger partial charge in [-0.05, 0) is 25.0 Å². The van der Waals surface area contributed by atoms with Crippen LogP contribution in [0.25, 0.3) is 0 Å². The van der Waals surface area contributed by atoms with Crippen LogP contribution in [0.5, 0.6) is 0 Å². The van der Waals surface area contributed by atoms with Gasteiger partial charge in [-0.15, -0.1) is 0 Å². The fourth-order valence-corrected chi connectivity index (χ4v) is 2.51. The number of hydrogen-bond acceptors (Lipinski definition) is 3. The molecular weight excluding hydrogens is 264 g/mol. The summed E-state index contributed by atoms with van der Waals surface area (Å²) in [4.78, 5) is 0. The van der Waals surface area contributed by atoms with E-state index in [1.807, 2.05) is 49.0 Å². The Hall–Kier alpha value is -1.65. The smallest absolute Gasteiger partial charge is 0.109 e. The Labute approximate surface area is 126 Å². The van der Waals surface area contributed by atoms with Gasteiger partial charge >= 0.3 is 0 Å². The maximum Gasteiger partial charge on any atom is 0.109 e. The molecule has 0 aliphatic rings. The molecule has 1 N–H and O–H groups in total. The fourth-order valence-electron chi connectivity index (χ4n) is 2.51. The molecule has 0 amide bonds. The summed E-state index contributed by atoms with van der Waals surface area (Å²) >= 11 is 0. The Morgan fingerprint density at radius 2 is 1.95 bits per heavy atom. The molecule has 0 bridgehead atoms. The van der Waals surface area contributed by atoms with Crippen molar-refractivity contribution in [1.82, 2.24) is 9.78 Å². The first-order valence-corrected chi connectivity index (χ1v) is 7.52. The van der Waals surface area contributed by atoms with Crippen LogP contribution >= 0.6 is 0 Å². The van der Waals surface area contributed by atoms with Gasteiger partial charge in [-0.25, -0.2) is 0 Å².